The maximum absolute atomic E-state index is 10.7. The number of hydrogen-bond donors (Lipinski definition) is 3. The maximum atomic E-state index is 10.7. The maximum Gasteiger partial charge on any atom is 0.320 e. The molecule has 0 saturated heterocycles. The van der Waals surface area contributed by atoms with Gasteiger partial charge in [-0.05, 0) is 31.1 Å². The summed E-state index contributed by atoms with van der Waals surface area (Å²) in [6, 6.07) is -0.745. The second-order valence-electron chi connectivity index (χ2n) is 4.01. The van der Waals surface area contributed by atoms with Crippen LogP contribution in [-0.4, -0.2) is 22.4 Å². The van der Waals surface area contributed by atoms with Crippen LogP contribution in [0.1, 0.15) is 26.2 Å². The summed E-state index contributed by atoms with van der Waals surface area (Å²) in [6.45, 7) is 2.14. The van der Waals surface area contributed by atoms with Crippen LogP contribution < -0.4 is 5.73 Å². The summed E-state index contributed by atoms with van der Waals surface area (Å²) < 4.78 is 0. The van der Waals surface area contributed by atoms with Gasteiger partial charge in [0.15, 0.2) is 0 Å². The van der Waals surface area contributed by atoms with Crippen LogP contribution in [0.15, 0.2) is 0 Å². The zero-order valence-corrected chi connectivity index (χ0v) is 8.71. The molecule has 1 saturated carbocycles. The Balaban J connectivity index is 2.60. The predicted octanol–water partition coefficient (Wildman–Crippen LogP) is 1.13. The lowest BCUT2D eigenvalue weighted by Gasteiger charge is -2.34. The second-order valence-corrected chi connectivity index (χ2v) is 4.68. The molecule has 3 N–H and O–H groups in total. The van der Waals surface area contributed by atoms with Gasteiger partial charge < -0.3 is 10.8 Å². The standard InChI is InChI=1S/C9H17NO2S/c1-5-2-3-7(13)6(4-5)8(10)9(11)12/h5-8,13H,2-4,10H2,1H3,(H,11,12). The predicted molar refractivity (Wildman–Crippen MR) is 54.9 cm³/mol. The third kappa shape index (κ3) is 2.61. The highest BCUT2D eigenvalue weighted by Gasteiger charge is 2.33. The van der Waals surface area contributed by atoms with E-state index in [2.05, 4.69) is 19.6 Å². The van der Waals surface area contributed by atoms with Gasteiger partial charge in [-0.25, -0.2) is 0 Å². The number of hydrogen-bond acceptors (Lipinski definition) is 3. The Morgan fingerprint density at radius 3 is 2.77 bits per heavy atom. The molecule has 4 heteroatoms. The van der Waals surface area contributed by atoms with Crippen LogP contribution in [-0.2, 0) is 4.79 Å². The van der Waals surface area contributed by atoms with Crippen LogP contribution in [0.3, 0.4) is 0 Å². The molecule has 0 aromatic heterocycles. The summed E-state index contributed by atoms with van der Waals surface area (Å²) >= 11 is 4.39. The highest BCUT2D eigenvalue weighted by Crippen LogP contribution is 2.33. The number of carboxylic acids is 1. The molecule has 3 nitrogen and oxygen atoms in total. The topological polar surface area (TPSA) is 63.3 Å². The van der Waals surface area contributed by atoms with Crippen molar-refractivity contribution in [1.82, 2.24) is 0 Å². The Morgan fingerprint density at radius 1 is 1.62 bits per heavy atom. The molecular weight excluding hydrogens is 186 g/mol. The van der Waals surface area contributed by atoms with E-state index < -0.39 is 12.0 Å². The van der Waals surface area contributed by atoms with Crippen molar-refractivity contribution < 1.29 is 9.90 Å². The Hall–Kier alpha value is -0.220. The van der Waals surface area contributed by atoms with Crippen LogP contribution in [0.4, 0.5) is 0 Å². The molecule has 76 valence electrons. The average molecular weight is 203 g/mol. The van der Waals surface area contributed by atoms with Crippen molar-refractivity contribution in [2.75, 3.05) is 0 Å². The molecule has 1 aliphatic carbocycles. The number of carbonyl (C=O) groups is 1. The quantitative estimate of drug-likeness (QED) is 0.590. The lowest BCUT2D eigenvalue weighted by molar-refractivity contribution is -0.140. The van der Waals surface area contributed by atoms with Crippen molar-refractivity contribution in [2.24, 2.45) is 17.6 Å². The zero-order valence-electron chi connectivity index (χ0n) is 7.81. The molecule has 4 atom stereocenters. The molecule has 1 fully saturated rings. The van der Waals surface area contributed by atoms with Gasteiger partial charge in [0.25, 0.3) is 0 Å². The van der Waals surface area contributed by atoms with E-state index in [9.17, 15) is 4.79 Å². The van der Waals surface area contributed by atoms with Gasteiger partial charge in [-0.2, -0.15) is 12.6 Å². The molecule has 0 radical (unpaired) electrons. The van der Waals surface area contributed by atoms with Gasteiger partial charge in [-0.1, -0.05) is 6.92 Å². The van der Waals surface area contributed by atoms with Gasteiger partial charge in [0, 0.05) is 5.25 Å². The monoisotopic (exact) mass is 203 g/mol. The molecule has 0 bridgehead atoms. The summed E-state index contributed by atoms with van der Waals surface area (Å²) in [5.41, 5.74) is 5.60. The fourth-order valence-electron chi connectivity index (χ4n) is 1.98. The molecule has 0 heterocycles. The number of nitrogens with two attached hydrogens (primary N) is 1. The molecule has 4 unspecified atom stereocenters. The first-order valence-electron chi connectivity index (χ1n) is 4.68. The summed E-state index contributed by atoms with van der Waals surface area (Å²) in [7, 11) is 0. The lowest BCUT2D eigenvalue weighted by Crippen LogP contribution is -2.44. The largest absolute Gasteiger partial charge is 0.480 e. The number of thiol groups is 1. The van der Waals surface area contributed by atoms with Crippen LogP contribution in [0.25, 0.3) is 0 Å². The highest BCUT2D eigenvalue weighted by molar-refractivity contribution is 7.81. The van der Waals surface area contributed by atoms with Crippen molar-refractivity contribution in [2.45, 2.75) is 37.5 Å². The van der Waals surface area contributed by atoms with Gasteiger partial charge in [0.05, 0.1) is 0 Å². The molecule has 0 aromatic rings. The smallest absolute Gasteiger partial charge is 0.320 e. The molecule has 0 spiro atoms. The summed E-state index contributed by atoms with van der Waals surface area (Å²) in [5, 5.41) is 8.93. The SMILES string of the molecule is CC1CCC(S)C(C(N)C(=O)O)C1. The Bertz CT molecular complexity index is 198. The second kappa shape index (κ2) is 4.33. The number of carboxylic acid groups (broad SMARTS) is 1. The third-order valence-electron chi connectivity index (χ3n) is 2.87. The molecule has 1 aliphatic rings. The fourth-order valence-corrected chi connectivity index (χ4v) is 2.43. The van der Waals surface area contributed by atoms with Crippen LogP contribution in [0.5, 0.6) is 0 Å². The lowest BCUT2D eigenvalue weighted by atomic mass is 9.78. The van der Waals surface area contributed by atoms with E-state index in [1.807, 2.05) is 0 Å². The number of rotatable bonds is 2. The van der Waals surface area contributed by atoms with Gasteiger partial charge >= 0.3 is 5.97 Å². The molecule has 0 aromatic carbocycles. The first-order chi connectivity index (χ1) is 6.02. The molecule has 0 aliphatic heterocycles. The van der Waals surface area contributed by atoms with Gasteiger partial charge in [0.2, 0.25) is 0 Å². The van der Waals surface area contributed by atoms with E-state index in [0.29, 0.717) is 5.92 Å². The average Bonchev–Trinajstić information content (AvgIpc) is 2.08. The van der Waals surface area contributed by atoms with E-state index >= 15 is 0 Å². The fraction of sp³-hybridized carbons (Fsp3) is 0.889. The molecule has 13 heavy (non-hydrogen) atoms. The van der Waals surface area contributed by atoms with E-state index in [1.165, 1.54) is 0 Å². The molecule has 1 rings (SSSR count). The minimum atomic E-state index is -0.904. The Kier molecular flexibility index (Phi) is 3.62. The van der Waals surface area contributed by atoms with Crippen LogP contribution in [0, 0.1) is 11.8 Å². The van der Waals surface area contributed by atoms with Gasteiger partial charge in [-0.3, -0.25) is 4.79 Å². The van der Waals surface area contributed by atoms with Crippen molar-refractivity contribution in [1.29, 1.82) is 0 Å². The van der Waals surface area contributed by atoms with Gasteiger partial charge in [-0.15, -0.1) is 0 Å². The van der Waals surface area contributed by atoms with E-state index in [4.69, 9.17) is 10.8 Å². The minimum Gasteiger partial charge on any atom is -0.480 e. The van der Waals surface area contributed by atoms with Crippen molar-refractivity contribution >= 4 is 18.6 Å². The van der Waals surface area contributed by atoms with Crippen LogP contribution >= 0.6 is 12.6 Å². The minimum absolute atomic E-state index is 0.0320. The Labute approximate surface area is 84.1 Å². The Morgan fingerprint density at radius 2 is 2.23 bits per heavy atom. The first kappa shape index (κ1) is 10.9. The first-order valence-corrected chi connectivity index (χ1v) is 5.20. The van der Waals surface area contributed by atoms with Crippen molar-refractivity contribution in [3.63, 3.8) is 0 Å². The summed E-state index contributed by atoms with van der Waals surface area (Å²) in [6.07, 6.45) is 3.01. The van der Waals surface area contributed by atoms with Crippen molar-refractivity contribution in [3.8, 4) is 0 Å². The van der Waals surface area contributed by atoms with Gasteiger partial charge in [0.1, 0.15) is 6.04 Å². The van der Waals surface area contributed by atoms with E-state index in [0.717, 1.165) is 19.3 Å². The van der Waals surface area contributed by atoms with Crippen molar-refractivity contribution in [3.05, 3.63) is 0 Å². The van der Waals surface area contributed by atoms with E-state index in [-0.39, 0.29) is 11.2 Å². The number of aliphatic carboxylic acids is 1. The van der Waals surface area contributed by atoms with E-state index in [1.54, 1.807) is 0 Å². The van der Waals surface area contributed by atoms with Crippen LogP contribution in [0.2, 0.25) is 0 Å². The molecular formula is C9H17NO2S. The third-order valence-corrected chi connectivity index (χ3v) is 3.51. The zero-order chi connectivity index (χ0) is 10.0. The molecule has 0 amide bonds. The normalized spacial score (nSPS) is 37.0. The highest BCUT2D eigenvalue weighted by atomic mass is 32.1. The summed E-state index contributed by atoms with van der Waals surface area (Å²) in [4.78, 5) is 10.7. The summed E-state index contributed by atoms with van der Waals surface area (Å²) in [5.74, 6) is -0.290.